The van der Waals surface area contributed by atoms with Crippen LogP contribution in [-0.4, -0.2) is 54.2 Å². The molecule has 5 nitrogen and oxygen atoms in total. The molecular formula is C16H25N3O2S. The molecule has 0 aromatic carbocycles. The van der Waals surface area contributed by atoms with Gasteiger partial charge in [-0.25, -0.2) is 4.98 Å². The maximum atomic E-state index is 13.2. The van der Waals surface area contributed by atoms with Crippen LogP contribution in [-0.2, 0) is 9.53 Å². The molecule has 1 atom stereocenters. The molecule has 1 saturated heterocycles. The molecule has 3 rings (SSSR count). The van der Waals surface area contributed by atoms with Gasteiger partial charge in [0, 0.05) is 30.7 Å². The fourth-order valence-electron chi connectivity index (χ4n) is 3.43. The third-order valence-electron chi connectivity index (χ3n) is 4.75. The summed E-state index contributed by atoms with van der Waals surface area (Å²) in [5.41, 5.74) is 0. The second kappa shape index (κ2) is 7.53. The van der Waals surface area contributed by atoms with E-state index in [-0.39, 0.29) is 11.9 Å². The SMILES string of the molecule is CC(C(=O)N(c1nccs1)C1CCCCC1)N1CCOCC1. The van der Waals surface area contributed by atoms with Gasteiger partial charge in [-0.3, -0.25) is 14.6 Å². The maximum absolute atomic E-state index is 13.2. The summed E-state index contributed by atoms with van der Waals surface area (Å²) < 4.78 is 5.40. The molecule has 22 heavy (non-hydrogen) atoms. The molecule has 1 aliphatic carbocycles. The fraction of sp³-hybridized carbons (Fsp3) is 0.750. The number of carbonyl (C=O) groups excluding carboxylic acids is 1. The minimum absolute atomic E-state index is 0.102. The van der Waals surface area contributed by atoms with Gasteiger partial charge in [-0.15, -0.1) is 11.3 Å². The molecule has 1 saturated carbocycles. The van der Waals surface area contributed by atoms with Crippen LogP contribution in [0.3, 0.4) is 0 Å². The molecule has 122 valence electrons. The van der Waals surface area contributed by atoms with Crippen molar-refractivity contribution >= 4 is 22.4 Å². The molecule has 0 N–H and O–H groups in total. The first-order valence-electron chi connectivity index (χ1n) is 8.32. The molecule has 0 spiro atoms. The monoisotopic (exact) mass is 323 g/mol. The summed E-state index contributed by atoms with van der Waals surface area (Å²) in [7, 11) is 0. The van der Waals surface area contributed by atoms with Crippen LogP contribution in [0.5, 0.6) is 0 Å². The van der Waals surface area contributed by atoms with E-state index in [2.05, 4.69) is 9.88 Å². The van der Waals surface area contributed by atoms with E-state index in [1.165, 1.54) is 19.3 Å². The third kappa shape index (κ3) is 3.50. The smallest absolute Gasteiger partial charge is 0.246 e. The molecule has 1 aromatic heterocycles. The summed E-state index contributed by atoms with van der Waals surface area (Å²) in [5.74, 6) is 0.198. The third-order valence-corrected chi connectivity index (χ3v) is 5.52. The Labute approximate surface area is 136 Å². The molecule has 2 aliphatic rings. The van der Waals surface area contributed by atoms with Crippen molar-refractivity contribution in [3.63, 3.8) is 0 Å². The van der Waals surface area contributed by atoms with Gasteiger partial charge in [0.25, 0.3) is 0 Å². The van der Waals surface area contributed by atoms with E-state index in [4.69, 9.17) is 4.74 Å². The minimum atomic E-state index is -0.102. The molecule has 1 aliphatic heterocycles. The van der Waals surface area contributed by atoms with Crippen molar-refractivity contribution in [2.45, 2.75) is 51.1 Å². The van der Waals surface area contributed by atoms with Crippen molar-refractivity contribution in [3.8, 4) is 0 Å². The number of morpholine rings is 1. The van der Waals surface area contributed by atoms with Crippen LogP contribution in [0.25, 0.3) is 0 Å². The van der Waals surface area contributed by atoms with Gasteiger partial charge in [0.2, 0.25) is 5.91 Å². The molecule has 0 radical (unpaired) electrons. The summed E-state index contributed by atoms with van der Waals surface area (Å²) >= 11 is 1.57. The van der Waals surface area contributed by atoms with Gasteiger partial charge in [0.05, 0.1) is 19.3 Å². The van der Waals surface area contributed by atoms with Crippen LogP contribution < -0.4 is 4.90 Å². The second-order valence-electron chi connectivity index (χ2n) is 6.14. The summed E-state index contributed by atoms with van der Waals surface area (Å²) in [6, 6.07) is 0.214. The predicted molar refractivity (Wildman–Crippen MR) is 88.3 cm³/mol. The Balaban J connectivity index is 1.76. The van der Waals surface area contributed by atoms with Gasteiger partial charge in [0.1, 0.15) is 0 Å². The first-order valence-corrected chi connectivity index (χ1v) is 9.19. The molecule has 1 unspecified atom stereocenters. The van der Waals surface area contributed by atoms with Crippen molar-refractivity contribution < 1.29 is 9.53 Å². The molecule has 1 amide bonds. The summed E-state index contributed by atoms with van der Waals surface area (Å²) in [6.07, 6.45) is 7.71. The average Bonchev–Trinajstić information content (AvgIpc) is 3.10. The number of hydrogen-bond acceptors (Lipinski definition) is 5. The van der Waals surface area contributed by atoms with Crippen LogP contribution in [0.4, 0.5) is 5.13 Å². The second-order valence-corrected chi connectivity index (χ2v) is 7.01. The highest BCUT2D eigenvalue weighted by atomic mass is 32.1. The Morgan fingerprint density at radius 1 is 1.36 bits per heavy atom. The molecule has 2 heterocycles. The predicted octanol–water partition coefficient (Wildman–Crippen LogP) is 2.53. The van der Waals surface area contributed by atoms with E-state index < -0.39 is 0 Å². The van der Waals surface area contributed by atoms with Crippen molar-refractivity contribution in [1.82, 2.24) is 9.88 Å². The van der Waals surface area contributed by atoms with Gasteiger partial charge in [0.15, 0.2) is 5.13 Å². The van der Waals surface area contributed by atoms with E-state index in [1.807, 2.05) is 17.2 Å². The molecular weight excluding hydrogens is 298 g/mol. The largest absolute Gasteiger partial charge is 0.379 e. The first-order chi connectivity index (χ1) is 10.8. The lowest BCUT2D eigenvalue weighted by atomic mass is 9.94. The Hall–Kier alpha value is -0.980. The van der Waals surface area contributed by atoms with E-state index in [0.717, 1.165) is 44.3 Å². The zero-order valence-electron chi connectivity index (χ0n) is 13.2. The van der Waals surface area contributed by atoms with Gasteiger partial charge < -0.3 is 4.74 Å². The summed E-state index contributed by atoms with van der Waals surface area (Å²) in [6.45, 7) is 5.14. The van der Waals surface area contributed by atoms with Gasteiger partial charge in [-0.05, 0) is 19.8 Å². The number of carbonyl (C=O) groups is 1. The minimum Gasteiger partial charge on any atom is -0.379 e. The average molecular weight is 323 g/mol. The topological polar surface area (TPSA) is 45.7 Å². The number of ether oxygens (including phenoxy) is 1. The highest BCUT2D eigenvalue weighted by Crippen LogP contribution is 2.30. The van der Waals surface area contributed by atoms with E-state index >= 15 is 0 Å². The number of hydrogen-bond donors (Lipinski definition) is 0. The maximum Gasteiger partial charge on any atom is 0.246 e. The Morgan fingerprint density at radius 2 is 2.09 bits per heavy atom. The van der Waals surface area contributed by atoms with Crippen LogP contribution in [0, 0.1) is 0 Å². The van der Waals surface area contributed by atoms with Crippen LogP contribution >= 0.6 is 11.3 Å². The Morgan fingerprint density at radius 3 is 2.73 bits per heavy atom. The number of rotatable bonds is 4. The molecule has 2 fully saturated rings. The number of thiazole rings is 1. The fourth-order valence-corrected chi connectivity index (χ4v) is 4.14. The van der Waals surface area contributed by atoms with Gasteiger partial charge in [-0.2, -0.15) is 0 Å². The normalized spacial score (nSPS) is 22.4. The van der Waals surface area contributed by atoms with E-state index in [0.29, 0.717) is 6.04 Å². The summed E-state index contributed by atoms with van der Waals surface area (Å²) in [5, 5.41) is 2.81. The van der Waals surface area contributed by atoms with Gasteiger partial charge >= 0.3 is 0 Å². The molecule has 1 aromatic rings. The summed E-state index contributed by atoms with van der Waals surface area (Å²) in [4.78, 5) is 21.8. The van der Waals surface area contributed by atoms with Crippen LogP contribution in [0.15, 0.2) is 11.6 Å². The van der Waals surface area contributed by atoms with Crippen molar-refractivity contribution in [1.29, 1.82) is 0 Å². The number of amides is 1. The lowest BCUT2D eigenvalue weighted by Crippen LogP contribution is -2.54. The molecule has 0 bridgehead atoms. The Kier molecular flexibility index (Phi) is 5.44. The number of nitrogens with zero attached hydrogens (tertiary/aromatic N) is 3. The number of aromatic nitrogens is 1. The zero-order chi connectivity index (χ0) is 15.4. The Bertz CT molecular complexity index is 468. The van der Waals surface area contributed by atoms with E-state index in [1.54, 1.807) is 17.5 Å². The van der Waals surface area contributed by atoms with E-state index in [9.17, 15) is 4.79 Å². The number of anilines is 1. The quantitative estimate of drug-likeness (QED) is 0.854. The van der Waals surface area contributed by atoms with Crippen molar-refractivity contribution in [3.05, 3.63) is 11.6 Å². The van der Waals surface area contributed by atoms with Crippen molar-refractivity contribution in [2.75, 3.05) is 31.2 Å². The molecule has 6 heteroatoms. The highest BCUT2D eigenvalue weighted by Gasteiger charge is 2.34. The first kappa shape index (κ1) is 15.9. The lowest BCUT2D eigenvalue weighted by Gasteiger charge is -2.38. The lowest BCUT2D eigenvalue weighted by molar-refractivity contribution is -0.125. The van der Waals surface area contributed by atoms with Crippen molar-refractivity contribution in [2.24, 2.45) is 0 Å². The zero-order valence-corrected chi connectivity index (χ0v) is 14.1. The van der Waals surface area contributed by atoms with Gasteiger partial charge in [-0.1, -0.05) is 19.3 Å². The van der Waals surface area contributed by atoms with Crippen LogP contribution in [0.1, 0.15) is 39.0 Å². The van der Waals surface area contributed by atoms with Crippen LogP contribution in [0.2, 0.25) is 0 Å². The highest BCUT2D eigenvalue weighted by molar-refractivity contribution is 7.13. The standard InChI is InChI=1S/C16H25N3O2S/c1-13(18-8-10-21-11-9-18)15(20)19(16-17-7-12-22-16)14-5-3-2-4-6-14/h7,12-14H,2-6,8-11H2,1H3.